The fraction of sp³-hybridized carbons (Fsp3) is 0.739. The standard InChI is InChI=1S/C23H34N4O5S/c1-15(28)24-18-9-6-4-2-3-5-8-16-14-23(16,22(31)26-33(32)17-11-12-17)25-20(29)19-10-7-13-27(19)21(18)30/h5,8,16-19H,2-4,6-7,9-14H2,1H3,(H,24,28)(H,25,29)(H,26,31)/b8-5-/t16-,18+,19+,23-,33?/m1/s1. The number of carbonyl (C=O) groups excluding carboxylic acids is 4. The normalized spacial score (nSPS) is 34.6. The summed E-state index contributed by atoms with van der Waals surface area (Å²) in [5.74, 6) is -1.43. The molecule has 0 radical (unpaired) electrons. The van der Waals surface area contributed by atoms with E-state index in [1.807, 2.05) is 12.2 Å². The summed E-state index contributed by atoms with van der Waals surface area (Å²) in [5.41, 5.74) is -1.12. The lowest BCUT2D eigenvalue weighted by Crippen LogP contribution is -2.58. The molecule has 1 unspecified atom stereocenters. The Balaban J connectivity index is 1.54. The Hall–Kier alpha value is -2.07. The van der Waals surface area contributed by atoms with Crippen molar-refractivity contribution in [3.8, 4) is 0 Å². The van der Waals surface area contributed by atoms with E-state index in [9.17, 15) is 23.7 Å². The number of carbonyl (C=O) groups is 4. The van der Waals surface area contributed by atoms with E-state index in [0.29, 0.717) is 32.2 Å². The summed E-state index contributed by atoms with van der Waals surface area (Å²) in [7, 11) is 0. The maximum Gasteiger partial charge on any atom is 0.287 e. The summed E-state index contributed by atoms with van der Waals surface area (Å²) < 4.78 is 14.9. The van der Waals surface area contributed by atoms with Crippen LogP contribution in [0.3, 0.4) is 0 Å². The van der Waals surface area contributed by atoms with E-state index < -0.39 is 34.9 Å². The minimum Gasteiger partial charge on any atom is -0.593 e. The fourth-order valence-corrected chi connectivity index (χ4v) is 5.98. The van der Waals surface area contributed by atoms with Crippen LogP contribution in [0.5, 0.6) is 0 Å². The number of hydrogen-bond donors (Lipinski definition) is 3. The first kappa shape index (κ1) is 24.1. The number of hydrogen-bond acceptors (Lipinski definition) is 5. The SMILES string of the molecule is CC(=O)N[C@H]1CCCCC/C=C\[C@@H]2C[C@@]2(C(=O)N[S+]([O-])C2CC2)NC(=O)[C@@H]2CCCN2C1=O. The van der Waals surface area contributed by atoms with Crippen molar-refractivity contribution in [2.45, 2.75) is 94.0 Å². The Bertz CT molecular complexity index is 832. The number of fused-ring (bicyclic) bond motifs is 2. The smallest absolute Gasteiger partial charge is 0.287 e. The van der Waals surface area contributed by atoms with Crippen LogP contribution in [0.4, 0.5) is 0 Å². The molecule has 0 aromatic carbocycles. The van der Waals surface area contributed by atoms with Gasteiger partial charge in [0.25, 0.3) is 5.91 Å². The fourth-order valence-electron chi connectivity index (χ4n) is 4.89. The molecular formula is C23H34N4O5S. The lowest BCUT2D eigenvalue weighted by molar-refractivity contribution is -0.142. The lowest BCUT2D eigenvalue weighted by atomic mass is 10.0. The molecule has 3 N–H and O–H groups in total. The molecule has 4 rings (SSSR count). The predicted octanol–water partition coefficient (Wildman–Crippen LogP) is 0.820. The molecule has 4 aliphatic rings. The van der Waals surface area contributed by atoms with Crippen molar-refractivity contribution >= 4 is 35.0 Å². The summed E-state index contributed by atoms with van der Waals surface area (Å²) in [5, 5.41) is 5.69. The molecule has 9 nitrogen and oxygen atoms in total. The highest BCUT2D eigenvalue weighted by Gasteiger charge is 2.62. The Kier molecular flexibility index (Phi) is 7.33. The molecule has 2 aliphatic heterocycles. The topological polar surface area (TPSA) is 131 Å². The average Bonchev–Trinajstić information content (AvgIpc) is 3.67. The van der Waals surface area contributed by atoms with Crippen molar-refractivity contribution < 1.29 is 23.7 Å². The highest BCUT2D eigenvalue weighted by Crippen LogP contribution is 2.46. The van der Waals surface area contributed by atoms with Gasteiger partial charge in [-0.1, -0.05) is 25.0 Å². The largest absolute Gasteiger partial charge is 0.593 e. The summed E-state index contributed by atoms with van der Waals surface area (Å²) in [6.07, 6.45) is 11.4. The highest BCUT2D eigenvalue weighted by molar-refractivity contribution is 7.90. The number of nitrogens with one attached hydrogen (secondary N) is 3. The van der Waals surface area contributed by atoms with Crippen LogP contribution in [-0.2, 0) is 30.5 Å². The van der Waals surface area contributed by atoms with Crippen LogP contribution in [-0.4, -0.2) is 62.5 Å². The summed E-state index contributed by atoms with van der Waals surface area (Å²) in [4.78, 5) is 52.9. The van der Waals surface area contributed by atoms with Crippen molar-refractivity contribution in [1.29, 1.82) is 0 Å². The third-order valence-electron chi connectivity index (χ3n) is 7.03. The zero-order valence-corrected chi connectivity index (χ0v) is 20.0. The second-order valence-corrected chi connectivity index (χ2v) is 11.2. The average molecular weight is 479 g/mol. The van der Waals surface area contributed by atoms with Crippen LogP contribution in [0, 0.1) is 5.92 Å². The van der Waals surface area contributed by atoms with Gasteiger partial charge in [-0.05, 0) is 38.5 Å². The zero-order chi connectivity index (χ0) is 23.6. The maximum absolute atomic E-state index is 13.3. The molecule has 0 aromatic heterocycles. The minimum absolute atomic E-state index is 0.00436. The minimum atomic E-state index is -1.44. The number of rotatable bonds is 4. The molecule has 2 saturated carbocycles. The van der Waals surface area contributed by atoms with E-state index >= 15 is 0 Å². The third-order valence-corrected chi connectivity index (χ3v) is 8.50. The van der Waals surface area contributed by atoms with Crippen LogP contribution in [0.25, 0.3) is 0 Å². The van der Waals surface area contributed by atoms with Crippen molar-refractivity contribution in [3.05, 3.63) is 12.2 Å². The van der Waals surface area contributed by atoms with Crippen LogP contribution in [0.1, 0.15) is 71.1 Å². The molecule has 0 bridgehead atoms. The van der Waals surface area contributed by atoms with Gasteiger partial charge in [0.2, 0.25) is 17.7 Å². The third kappa shape index (κ3) is 5.54. The number of nitrogens with zero attached hydrogens (tertiary/aromatic N) is 1. The van der Waals surface area contributed by atoms with Crippen LogP contribution in [0.15, 0.2) is 12.2 Å². The number of amides is 4. The zero-order valence-electron chi connectivity index (χ0n) is 19.1. The Morgan fingerprint density at radius 1 is 1.15 bits per heavy atom. The van der Waals surface area contributed by atoms with Gasteiger partial charge in [0, 0.05) is 32.2 Å². The summed E-state index contributed by atoms with van der Waals surface area (Å²) in [6, 6.07) is -1.33. The number of allylic oxidation sites excluding steroid dienone is 1. The van der Waals surface area contributed by atoms with Gasteiger partial charge in [-0.3, -0.25) is 19.2 Å². The van der Waals surface area contributed by atoms with Crippen molar-refractivity contribution in [3.63, 3.8) is 0 Å². The molecule has 3 fully saturated rings. The van der Waals surface area contributed by atoms with Crippen molar-refractivity contribution in [1.82, 2.24) is 20.3 Å². The van der Waals surface area contributed by atoms with Crippen molar-refractivity contribution in [2.75, 3.05) is 6.54 Å². The molecular weight excluding hydrogens is 444 g/mol. The monoisotopic (exact) mass is 478 g/mol. The molecule has 4 amide bonds. The first-order chi connectivity index (χ1) is 15.8. The molecule has 33 heavy (non-hydrogen) atoms. The van der Waals surface area contributed by atoms with Gasteiger partial charge < -0.3 is 20.1 Å². The molecule has 5 atom stereocenters. The van der Waals surface area contributed by atoms with Gasteiger partial charge in [-0.25, -0.2) is 0 Å². The summed E-state index contributed by atoms with van der Waals surface area (Å²) in [6.45, 7) is 1.84. The molecule has 0 aromatic rings. The summed E-state index contributed by atoms with van der Waals surface area (Å²) >= 11 is -1.44. The molecule has 1 saturated heterocycles. The van der Waals surface area contributed by atoms with E-state index in [-0.39, 0.29) is 28.9 Å². The highest BCUT2D eigenvalue weighted by atomic mass is 32.2. The molecule has 2 heterocycles. The second kappa shape index (κ2) is 10.0. The van der Waals surface area contributed by atoms with Gasteiger partial charge in [-0.15, -0.1) is 0 Å². The van der Waals surface area contributed by atoms with Crippen molar-refractivity contribution in [2.24, 2.45) is 5.92 Å². The van der Waals surface area contributed by atoms with Gasteiger partial charge in [-0.2, -0.15) is 4.72 Å². The van der Waals surface area contributed by atoms with E-state index in [2.05, 4.69) is 15.4 Å². The Morgan fingerprint density at radius 2 is 1.94 bits per heavy atom. The van der Waals surface area contributed by atoms with Crippen LogP contribution in [0.2, 0.25) is 0 Å². The van der Waals surface area contributed by atoms with E-state index in [0.717, 1.165) is 38.5 Å². The maximum atomic E-state index is 13.3. The van der Waals surface area contributed by atoms with Crippen LogP contribution < -0.4 is 15.4 Å². The van der Waals surface area contributed by atoms with Gasteiger partial charge in [0.15, 0.2) is 0 Å². The van der Waals surface area contributed by atoms with Gasteiger partial charge >= 0.3 is 0 Å². The molecule has 182 valence electrons. The van der Waals surface area contributed by atoms with E-state index in [1.165, 1.54) is 6.92 Å². The predicted molar refractivity (Wildman–Crippen MR) is 123 cm³/mol. The molecule has 0 spiro atoms. The Labute approximate surface area is 197 Å². The van der Waals surface area contributed by atoms with Gasteiger partial charge in [0.05, 0.1) is 11.4 Å². The lowest BCUT2D eigenvalue weighted by Gasteiger charge is -2.30. The first-order valence-electron chi connectivity index (χ1n) is 12.1. The molecule has 2 aliphatic carbocycles. The van der Waals surface area contributed by atoms with Crippen LogP contribution >= 0.6 is 0 Å². The van der Waals surface area contributed by atoms with E-state index in [4.69, 9.17) is 0 Å². The Morgan fingerprint density at radius 3 is 2.67 bits per heavy atom. The second-order valence-electron chi connectivity index (χ2n) is 9.71. The van der Waals surface area contributed by atoms with E-state index in [1.54, 1.807) is 4.90 Å². The first-order valence-corrected chi connectivity index (χ1v) is 13.3. The quantitative estimate of drug-likeness (QED) is 0.407. The molecule has 10 heteroatoms. The van der Waals surface area contributed by atoms with Gasteiger partial charge in [0.1, 0.15) is 22.9 Å².